The lowest BCUT2D eigenvalue weighted by Gasteiger charge is -2.32. The maximum atomic E-state index is 6.00. The first-order chi connectivity index (χ1) is 12.3. The molecule has 1 fully saturated rings. The Kier molecular flexibility index (Phi) is 4.57. The monoisotopic (exact) mass is 343 g/mol. The summed E-state index contributed by atoms with van der Waals surface area (Å²) in [5, 5.41) is 4.74. The van der Waals surface area contributed by atoms with Gasteiger partial charge in [0.2, 0.25) is 5.88 Å². The smallest absolute Gasteiger partial charge is 0.218 e. The molecule has 1 atom stereocenters. The number of hydrogen-bond donors (Lipinski definition) is 0. The van der Waals surface area contributed by atoms with Gasteiger partial charge in [-0.25, -0.2) is 9.97 Å². The molecule has 3 heterocycles. The Labute approximate surface area is 148 Å². The van der Waals surface area contributed by atoms with E-state index in [1.54, 1.807) is 13.4 Å². The van der Waals surface area contributed by atoms with Gasteiger partial charge in [0.1, 0.15) is 12.1 Å². The fraction of sp³-hybridized carbons (Fsp3) is 0.611. The predicted octanol–water partition coefficient (Wildman–Crippen LogP) is 2.23. The van der Waals surface area contributed by atoms with Gasteiger partial charge >= 0.3 is 0 Å². The number of ether oxygens (including phenoxy) is 2. The SMILES string of the molecule is CCn1cc2c(n1)CN(c1cc(OC)ncn1)C[C@H]2COCC1CC1. The predicted molar refractivity (Wildman–Crippen MR) is 93.8 cm³/mol. The Morgan fingerprint density at radius 1 is 1.24 bits per heavy atom. The molecule has 0 amide bonds. The Morgan fingerprint density at radius 3 is 2.88 bits per heavy atom. The first-order valence-corrected chi connectivity index (χ1v) is 9.01. The van der Waals surface area contributed by atoms with Crippen molar-refractivity contribution in [2.24, 2.45) is 5.92 Å². The first kappa shape index (κ1) is 16.3. The third-order valence-corrected chi connectivity index (χ3v) is 4.95. The Balaban J connectivity index is 1.55. The summed E-state index contributed by atoms with van der Waals surface area (Å²) in [5.74, 6) is 2.54. The van der Waals surface area contributed by atoms with Gasteiger partial charge in [0, 0.05) is 43.4 Å². The fourth-order valence-electron chi connectivity index (χ4n) is 3.31. The van der Waals surface area contributed by atoms with E-state index in [9.17, 15) is 0 Å². The number of aryl methyl sites for hydroxylation is 1. The maximum Gasteiger partial charge on any atom is 0.218 e. The first-order valence-electron chi connectivity index (χ1n) is 9.01. The fourth-order valence-corrected chi connectivity index (χ4v) is 3.31. The van der Waals surface area contributed by atoms with Crippen LogP contribution in [-0.2, 0) is 17.8 Å². The molecule has 2 aromatic heterocycles. The zero-order valence-corrected chi connectivity index (χ0v) is 14.9. The molecule has 0 spiro atoms. The number of fused-ring (bicyclic) bond motifs is 1. The molecule has 2 aliphatic rings. The van der Waals surface area contributed by atoms with E-state index in [4.69, 9.17) is 14.6 Å². The Hall–Kier alpha value is -2.15. The average molecular weight is 343 g/mol. The molecule has 134 valence electrons. The normalized spacial score (nSPS) is 19.8. The molecule has 1 aliphatic carbocycles. The lowest BCUT2D eigenvalue weighted by atomic mass is 9.95. The number of anilines is 1. The standard InChI is InChI=1S/C18H25N5O2/c1-3-23-8-15-14(11-25-10-13-4-5-13)7-22(9-16(15)21-23)17-6-18(24-2)20-12-19-17/h6,8,12-14H,3-5,7,9-11H2,1-2H3/t14-/m0/s1. The molecule has 0 saturated heterocycles. The number of methoxy groups -OCH3 is 1. The van der Waals surface area contributed by atoms with Crippen molar-refractivity contribution >= 4 is 5.82 Å². The minimum Gasteiger partial charge on any atom is -0.481 e. The van der Waals surface area contributed by atoms with Crippen LogP contribution in [0.2, 0.25) is 0 Å². The number of rotatable bonds is 7. The highest BCUT2D eigenvalue weighted by atomic mass is 16.5. The van der Waals surface area contributed by atoms with Crippen LogP contribution in [0.4, 0.5) is 5.82 Å². The second-order valence-electron chi connectivity index (χ2n) is 6.86. The van der Waals surface area contributed by atoms with E-state index < -0.39 is 0 Å². The minimum absolute atomic E-state index is 0.309. The van der Waals surface area contributed by atoms with E-state index in [-0.39, 0.29) is 0 Å². The van der Waals surface area contributed by atoms with E-state index in [1.807, 2.05) is 10.7 Å². The van der Waals surface area contributed by atoms with Gasteiger partial charge in [0.05, 0.1) is 26.0 Å². The molecular formula is C18H25N5O2. The van der Waals surface area contributed by atoms with Gasteiger partial charge in [-0.2, -0.15) is 5.10 Å². The average Bonchev–Trinajstić information content (AvgIpc) is 3.37. The lowest BCUT2D eigenvalue weighted by Crippen LogP contribution is -2.35. The summed E-state index contributed by atoms with van der Waals surface area (Å²) in [6.07, 6.45) is 6.36. The zero-order chi connectivity index (χ0) is 17.2. The van der Waals surface area contributed by atoms with Crippen molar-refractivity contribution in [3.05, 3.63) is 29.8 Å². The van der Waals surface area contributed by atoms with Gasteiger partial charge in [0.25, 0.3) is 0 Å². The second kappa shape index (κ2) is 7.00. The van der Waals surface area contributed by atoms with E-state index in [0.29, 0.717) is 11.8 Å². The van der Waals surface area contributed by atoms with Crippen molar-refractivity contribution in [2.45, 2.75) is 38.8 Å². The van der Waals surface area contributed by atoms with Crippen molar-refractivity contribution in [1.82, 2.24) is 19.7 Å². The number of aromatic nitrogens is 4. The van der Waals surface area contributed by atoms with Crippen LogP contribution in [-0.4, -0.2) is 46.6 Å². The van der Waals surface area contributed by atoms with E-state index >= 15 is 0 Å². The molecule has 0 N–H and O–H groups in total. The van der Waals surface area contributed by atoms with Gasteiger partial charge in [0.15, 0.2) is 0 Å². The van der Waals surface area contributed by atoms with Gasteiger partial charge in [-0.3, -0.25) is 4.68 Å². The van der Waals surface area contributed by atoms with Crippen LogP contribution < -0.4 is 9.64 Å². The molecule has 7 heteroatoms. The summed E-state index contributed by atoms with van der Waals surface area (Å²) in [5.41, 5.74) is 2.43. The molecule has 25 heavy (non-hydrogen) atoms. The summed E-state index contributed by atoms with van der Waals surface area (Å²) < 4.78 is 13.3. The van der Waals surface area contributed by atoms with Crippen molar-refractivity contribution in [1.29, 1.82) is 0 Å². The molecule has 0 bridgehead atoms. The summed E-state index contributed by atoms with van der Waals surface area (Å²) in [4.78, 5) is 10.8. The highest BCUT2D eigenvalue weighted by molar-refractivity contribution is 5.45. The van der Waals surface area contributed by atoms with Crippen molar-refractivity contribution in [3.63, 3.8) is 0 Å². The van der Waals surface area contributed by atoms with Crippen LogP contribution in [0.25, 0.3) is 0 Å². The van der Waals surface area contributed by atoms with Crippen molar-refractivity contribution < 1.29 is 9.47 Å². The molecule has 0 radical (unpaired) electrons. The molecule has 1 aliphatic heterocycles. The number of nitrogens with zero attached hydrogens (tertiary/aromatic N) is 5. The summed E-state index contributed by atoms with van der Waals surface area (Å²) >= 11 is 0. The highest BCUT2D eigenvalue weighted by Crippen LogP contribution is 2.33. The molecule has 4 rings (SSSR count). The summed E-state index contributed by atoms with van der Waals surface area (Å²) in [6, 6.07) is 1.88. The highest BCUT2D eigenvalue weighted by Gasteiger charge is 2.30. The molecule has 2 aromatic rings. The van der Waals surface area contributed by atoms with E-state index in [0.717, 1.165) is 50.3 Å². The lowest BCUT2D eigenvalue weighted by molar-refractivity contribution is 0.110. The van der Waals surface area contributed by atoms with Crippen LogP contribution in [0.1, 0.15) is 36.9 Å². The topological polar surface area (TPSA) is 65.3 Å². The molecule has 0 unspecified atom stereocenters. The molecule has 1 saturated carbocycles. The largest absolute Gasteiger partial charge is 0.481 e. The van der Waals surface area contributed by atoms with Crippen LogP contribution in [0.3, 0.4) is 0 Å². The van der Waals surface area contributed by atoms with Crippen LogP contribution in [0, 0.1) is 5.92 Å². The van der Waals surface area contributed by atoms with Gasteiger partial charge in [-0.1, -0.05) is 0 Å². The number of hydrogen-bond acceptors (Lipinski definition) is 6. The second-order valence-corrected chi connectivity index (χ2v) is 6.86. The van der Waals surface area contributed by atoms with Crippen molar-refractivity contribution in [2.75, 3.05) is 31.8 Å². The molecular weight excluding hydrogens is 318 g/mol. The Morgan fingerprint density at radius 2 is 2.12 bits per heavy atom. The van der Waals surface area contributed by atoms with E-state index in [1.165, 1.54) is 18.4 Å². The van der Waals surface area contributed by atoms with Gasteiger partial charge < -0.3 is 14.4 Å². The summed E-state index contributed by atoms with van der Waals surface area (Å²) in [7, 11) is 1.62. The quantitative estimate of drug-likeness (QED) is 0.768. The maximum absolute atomic E-state index is 6.00. The van der Waals surface area contributed by atoms with Crippen LogP contribution in [0.15, 0.2) is 18.6 Å². The molecule has 0 aromatic carbocycles. The van der Waals surface area contributed by atoms with Gasteiger partial charge in [-0.15, -0.1) is 0 Å². The Bertz CT molecular complexity index is 728. The summed E-state index contributed by atoms with van der Waals surface area (Å²) in [6.45, 7) is 6.23. The van der Waals surface area contributed by atoms with Crippen LogP contribution >= 0.6 is 0 Å². The zero-order valence-electron chi connectivity index (χ0n) is 14.9. The van der Waals surface area contributed by atoms with Crippen molar-refractivity contribution in [3.8, 4) is 5.88 Å². The van der Waals surface area contributed by atoms with Gasteiger partial charge in [-0.05, 0) is 25.7 Å². The third kappa shape index (κ3) is 3.61. The van der Waals surface area contributed by atoms with Crippen LogP contribution in [0.5, 0.6) is 5.88 Å². The minimum atomic E-state index is 0.309. The third-order valence-electron chi connectivity index (χ3n) is 4.95. The van der Waals surface area contributed by atoms with E-state index in [2.05, 4.69) is 28.0 Å². The molecule has 7 nitrogen and oxygen atoms in total.